The molecule has 6 heteroatoms. The molecule has 0 aliphatic carbocycles. The molecule has 18 heavy (non-hydrogen) atoms. The van der Waals surface area contributed by atoms with E-state index >= 15 is 0 Å². The second kappa shape index (κ2) is 6.99. The van der Waals surface area contributed by atoms with E-state index in [0.717, 1.165) is 13.1 Å². The van der Waals surface area contributed by atoms with Crippen molar-refractivity contribution >= 4 is 28.6 Å². The average molecular weight is 319 g/mol. The summed E-state index contributed by atoms with van der Waals surface area (Å²) in [7, 11) is 4.08. The molecule has 1 aliphatic heterocycles. The zero-order valence-corrected chi connectivity index (χ0v) is 12.7. The van der Waals surface area contributed by atoms with Gasteiger partial charge in [0.25, 0.3) is 0 Å². The molecule has 1 heterocycles. The quantitative estimate of drug-likeness (QED) is 0.452. The van der Waals surface area contributed by atoms with E-state index in [2.05, 4.69) is 37.5 Å². The first-order valence-corrected chi connectivity index (χ1v) is 6.79. The molecule has 1 aliphatic rings. The van der Waals surface area contributed by atoms with E-state index in [9.17, 15) is 4.39 Å². The van der Waals surface area contributed by atoms with Gasteiger partial charge in [-0.2, -0.15) is 0 Å². The molecule has 0 aromatic heterocycles. The lowest BCUT2D eigenvalue weighted by Gasteiger charge is -2.43. The number of rotatable bonds is 4. The van der Waals surface area contributed by atoms with Crippen molar-refractivity contribution < 1.29 is 4.39 Å². The van der Waals surface area contributed by atoms with Gasteiger partial charge in [-0.1, -0.05) is 22.9 Å². The van der Waals surface area contributed by atoms with E-state index in [1.54, 1.807) is 0 Å². The number of alkyl halides is 1. The third kappa shape index (κ3) is 4.17. The highest BCUT2D eigenvalue weighted by Crippen LogP contribution is 2.18. The fourth-order valence-electron chi connectivity index (χ4n) is 1.68. The summed E-state index contributed by atoms with van der Waals surface area (Å²) in [4.78, 5) is 12.4. The van der Waals surface area contributed by atoms with Gasteiger partial charge in [0.15, 0.2) is 0 Å². The molecule has 0 bridgehead atoms. The maximum atomic E-state index is 12.7. The van der Waals surface area contributed by atoms with E-state index in [1.165, 1.54) is 0 Å². The van der Waals surface area contributed by atoms with Crippen molar-refractivity contribution in [1.29, 1.82) is 0 Å². The summed E-state index contributed by atoms with van der Waals surface area (Å²) in [6.07, 6.45) is 1.06. The van der Waals surface area contributed by atoms with Crippen LogP contribution in [-0.4, -0.2) is 60.5 Å². The number of likely N-dealkylation sites (N-methyl/N-ethyl adjacent to an activating group) is 1. The average Bonchev–Trinajstić information content (AvgIpc) is 2.23. The largest absolute Gasteiger partial charge is 0.338 e. The number of halogens is 2. The lowest BCUT2D eigenvalue weighted by Crippen LogP contribution is -2.58. The molecule has 0 amide bonds. The predicted molar refractivity (Wildman–Crippen MR) is 78.2 cm³/mol. The minimum atomic E-state index is 0.181. The summed E-state index contributed by atoms with van der Waals surface area (Å²) in [5.74, 6) is 0.505. The standard InChI is InChI=1S/C12H20BrFN4/c1-9(13)5-10(6-14)16-12(15-2)18-7-11(8-18)17(3)4/h6,9,11H,2,5,7-8H2,1,3-4H3/b10-6-,16-12+. The Morgan fingerprint density at radius 3 is 2.61 bits per heavy atom. The molecule has 1 rings (SSSR count). The number of aliphatic imine (C=N–C) groups is 2. The van der Waals surface area contributed by atoms with Crippen molar-refractivity contribution in [1.82, 2.24) is 9.80 Å². The summed E-state index contributed by atoms with van der Waals surface area (Å²) < 4.78 is 12.7. The predicted octanol–water partition coefficient (Wildman–Crippen LogP) is 2.27. The van der Waals surface area contributed by atoms with Crippen LogP contribution in [0.5, 0.6) is 0 Å². The Morgan fingerprint density at radius 2 is 2.22 bits per heavy atom. The first kappa shape index (κ1) is 15.3. The molecule has 1 atom stereocenters. The normalized spacial score (nSPS) is 20.0. The van der Waals surface area contributed by atoms with Gasteiger partial charge in [-0.15, -0.1) is 0 Å². The van der Waals surface area contributed by atoms with Gasteiger partial charge >= 0.3 is 0 Å². The fraction of sp³-hybridized carbons (Fsp3) is 0.667. The highest BCUT2D eigenvalue weighted by molar-refractivity contribution is 9.09. The van der Waals surface area contributed by atoms with Crippen molar-refractivity contribution in [3.05, 3.63) is 12.0 Å². The molecule has 0 radical (unpaired) electrons. The molecule has 1 saturated heterocycles. The third-order valence-corrected chi connectivity index (χ3v) is 3.20. The fourth-order valence-corrected chi connectivity index (χ4v) is 2.01. The molecule has 102 valence electrons. The molecular weight excluding hydrogens is 299 g/mol. The van der Waals surface area contributed by atoms with Gasteiger partial charge in [0, 0.05) is 30.4 Å². The zero-order valence-electron chi connectivity index (χ0n) is 11.1. The highest BCUT2D eigenvalue weighted by Gasteiger charge is 2.30. The highest BCUT2D eigenvalue weighted by atomic mass is 79.9. The van der Waals surface area contributed by atoms with Gasteiger partial charge in [0.05, 0.1) is 5.70 Å². The number of hydrogen-bond acceptors (Lipinski definition) is 2. The van der Waals surface area contributed by atoms with Crippen molar-refractivity contribution in [2.45, 2.75) is 24.2 Å². The molecule has 0 N–H and O–H groups in total. The van der Waals surface area contributed by atoms with Gasteiger partial charge in [0.2, 0.25) is 5.96 Å². The van der Waals surface area contributed by atoms with Crippen LogP contribution >= 0.6 is 15.9 Å². The Labute approximate surface area is 116 Å². The molecule has 0 aromatic rings. The van der Waals surface area contributed by atoms with Crippen LogP contribution in [0.4, 0.5) is 4.39 Å². The molecular formula is C12H20BrFN4. The smallest absolute Gasteiger partial charge is 0.225 e. The molecule has 0 aromatic carbocycles. The van der Waals surface area contributed by atoms with Crippen molar-refractivity contribution in [2.75, 3.05) is 27.2 Å². The van der Waals surface area contributed by atoms with Gasteiger partial charge < -0.3 is 9.80 Å². The topological polar surface area (TPSA) is 31.2 Å². The van der Waals surface area contributed by atoms with Crippen molar-refractivity contribution in [3.63, 3.8) is 0 Å². The maximum absolute atomic E-state index is 12.7. The van der Waals surface area contributed by atoms with E-state index in [4.69, 9.17) is 0 Å². The van der Waals surface area contributed by atoms with Crippen LogP contribution in [0.3, 0.4) is 0 Å². The first-order chi connectivity index (χ1) is 8.47. The minimum absolute atomic E-state index is 0.181. The van der Waals surface area contributed by atoms with Gasteiger partial charge in [-0.25, -0.2) is 14.4 Å². The third-order valence-electron chi connectivity index (χ3n) is 2.88. The van der Waals surface area contributed by atoms with Crippen LogP contribution in [-0.2, 0) is 0 Å². The lowest BCUT2D eigenvalue weighted by molar-refractivity contribution is 0.123. The van der Waals surface area contributed by atoms with Crippen LogP contribution in [0.1, 0.15) is 13.3 Å². The van der Waals surface area contributed by atoms with Crippen molar-refractivity contribution in [2.24, 2.45) is 9.98 Å². The SMILES string of the molecule is C=N/C(=N\C(=C/F)CC(C)Br)N1CC(N(C)C)C1. The minimum Gasteiger partial charge on any atom is -0.338 e. The zero-order chi connectivity index (χ0) is 13.7. The second-order valence-electron chi connectivity index (χ2n) is 4.68. The van der Waals surface area contributed by atoms with Gasteiger partial charge in [-0.05, 0) is 20.8 Å². The van der Waals surface area contributed by atoms with E-state index in [1.807, 2.05) is 25.9 Å². The summed E-state index contributed by atoms with van der Waals surface area (Å²) in [6, 6.07) is 0.504. The van der Waals surface area contributed by atoms with E-state index in [-0.39, 0.29) is 4.83 Å². The molecule has 0 saturated carbocycles. The summed E-state index contributed by atoms with van der Waals surface area (Å²) in [5, 5.41) is 0. The Kier molecular flexibility index (Phi) is 5.95. The number of nitrogens with zero attached hydrogens (tertiary/aromatic N) is 4. The van der Waals surface area contributed by atoms with Crippen LogP contribution in [0.2, 0.25) is 0 Å². The molecule has 0 spiro atoms. The van der Waals surface area contributed by atoms with Crippen LogP contribution in [0.15, 0.2) is 22.0 Å². The molecule has 1 unspecified atom stereocenters. The van der Waals surface area contributed by atoms with E-state index in [0.29, 0.717) is 30.4 Å². The number of guanidine groups is 1. The van der Waals surface area contributed by atoms with Crippen LogP contribution in [0, 0.1) is 0 Å². The van der Waals surface area contributed by atoms with Gasteiger partial charge in [-0.3, -0.25) is 0 Å². The van der Waals surface area contributed by atoms with Crippen molar-refractivity contribution in [3.8, 4) is 0 Å². The first-order valence-electron chi connectivity index (χ1n) is 5.88. The Bertz CT molecular complexity index is 346. The van der Waals surface area contributed by atoms with E-state index < -0.39 is 0 Å². The van der Waals surface area contributed by atoms with Gasteiger partial charge in [0.1, 0.15) is 6.33 Å². The number of likely N-dealkylation sites (tertiary alicyclic amines) is 1. The molecule has 4 nitrogen and oxygen atoms in total. The summed E-state index contributed by atoms with van der Waals surface area (Å²) >= 11 is 3.38. The Morgan fingerprint density at radius 1 is 1.61 bits per heavy atom. The Balaban J connectivity index is 2.64. The lowest BCUT2D eigenvalue weighted by atomic mass is 10.1. The summed E-state index contributed by atoms with van der Waals surface area (Å²) in [5.41, 5.74) is 0.384. The van der Waals surface area contributed by atoms with Crippen LogP contribution in [0.25, 0.3) is 0 Å². The number of allylic oxidation sites excluding steroid dienone is 1. The molecule has 1 fully saturated rings. The Hall–Kier alpha value is -0.750. The monoisotopic (exact) mass is 318 g/mol. The second-order valence-corrected chi connectivity index (χ2v) is 6.24. The summed E-state index contributed by atoms with van der Waals surface area (Å²) in [6.45, 7) is 7.16. The maximum Gasteiger partial charge on any atom is 0.225 e. The van der Waals surface area contributed by atoms with Crippen LogP contribution < -0.4 is 0 Å². The number of hydrogen-bond donors (Lipinski definition) is 0.